The highest BCUT2D eigenvalue weighted by Crippen LogP contribution is 2.25. The van der Waals surface area contributed by atoms with E-state index in [-0.39, 0.29) is 24.7 Å². The number of nitrogens with one attached hydrogen (secondary N) is 1. The number of carboxylic acid groups (broad SMARTS) is 1. The van der Waals surface area contributed by atoms with Crippen LogP contribution in [-0.2, 0) is 4.79 Å². The Labute approximate surface area is 129 Å². The highest BCUT2D eigenvalue weighted by Gasteiger charge is 2.29. The first-order valence-corrected chi connectivity index (χ1v) is 8.32. The van der Waals surface area contributed by atoms with Crippen molar-refractivity contribution in [1.82, 2.24) is 10.2 Å². The summed E-state index contributed by atoms with van der Waals surface area (Å²) in [6.07, 6.45) is 4.72. The Kier molecular flexibility index (Phi) is 5.61. The molecular weight excluding hydrogens is 288 g/mol. The van der Waals surface area contributed by atoms with Crippen molar-refractivity contribution < 1.29 is 14.7 Å². The molecule has 1 heterocycles. The fourth-order valence-electron chi connectivity index (χ4n) is 2.82. The Morgan fingerprint density at radius 1 is 1.48 bits per heavy atom. The number of aliphatic carboxylic acids is 1. The monoisotopic (exact) mass is 310 g/mol. The zero-order chi connectivity index (χ0) is 15.2. The van der Waals surface area contributed by atoms with Gasteiger partial charge < -0.3 is 15.3 Å². The first-order valence-electron chi connectivity index (χ1n) is 7.44. The summed E-state index contributed by atoms with van der Waals surface area (Å²) in [6, 6.07) is 3.71. The molecule has 1 aliphatic rings. The van der Waals surface area contributed by atoms with Gasteiger partial charge in [0.2, 0.25) is 0 Å². The van der Waals surface area contributed by atoms with Gasteiger partial charge in [0, 0.05) is 10.9 Å². The molecule has 1 unspecified atom stereocenters. The lowest BCUT2D eigenvalue weighted by atomic mass is 10.2. The lowest BCUT2D eigenvalue weighted by Gasteiger charge is -2.29. The Morgan fingerprint density at radius 3 is 2.71 bits per heavy atom. The molecule has 0 aliphatic heterocycles. The van der Waals surface area contributed by atoms with Crippen molar-refractivity contribution in [2.75, 3.05) is 6.54 Å². The topological polar surface area (TPSA) is 69.6 Å². The fraction of sp³-hybridized carbons (Fsp3) is 0.600. The largest absolute Gasteiger partial charge is 0.480 e. The Bertz CT molecular complexity index is 469. The molecule has 1 fully saturated rings. The maximum Gasteiger partial charge on any atom is 0.323 e. The molecule has 0 radical (unpaired) electrons. The van der Waals surface area contributed by atoms with Gasteiger partial charge >= 0.3 is 12.0 Å². The molecule has 1 aliphatic carbocycles. The van der Waals surface area contributed by atoms with E-state index >= 15 is 0 Å². The van der Waals surface area contributed by atoms with Gasteiger partial charge in [0.15, 0.2) is 0 Å². The highest BCUT2D eigenvalue weighted by molar-refractivity contribution is 7.10. The number of carbonyl (C=O) groups excluding carboxylic acids is 1. The van der Waals surface area contributed by atoms with E-state index in [1.54, 1.807) is 11.3 Å². The predicted molar refractivity (Wildman–Crippen MR) is 82.5 cm³/mol. The molecule has 0 saturated heterocycles. The van der Waals surface area contributed by atoms with E-state index in [1.165, 1.54) is 4.90 Å². The number of hydrogen-bond donors (Lipinski definition) is 2. The number of nitrogens with zero attached hydrogens (tertiary/aromatic N) is 1. The third kappa shape index (κ3) is 4.20. The molecule has 0 bridgehead atoms. The zero-order valence-electron chi connectivity index (χ0n) is 12.2. The van der Waals surface area contributed by atoms with Crippen LogP contribution in [0.25, 0.3) is 0 Å². The van der Waals surface area contributed by atoms with E-state index in [9.17, 15) is 9.59 Å². The summed E-state index contributed by atoms with van der Waals surface area (Å²) < 4.78 is 0. The first-order chi connectivity index (χ1) is 10.1. The number of hydrogen-bond acceptors (Lipinski definition) is 3. The third-order valence-corrected chi connectivity index (χ3v) is 4.91. The molecule has 21 heavy (non-hydrogen) atoms. The summed E-state index contributed by atoms with van der Waals surface area (Å²) in [7, 11) is 0. The molecule has 2 N–H and O–H groups in total. The van der Waals surface area contributed by atoms with E-state index in [1.807, 2.05) is 24.4 Å². The normalized spacial score (nSPS) is 16.6. The first kappa shape index (κ1) is 15.8. The Balaban J connectivity index is 2.04. The van der Waals surface area contributed by atoms with Crippen LogP contribution in [0.5, 0.6) is 0 Å². The van der Waals surface area contributed by atoms with Gasteiger partial charge in [-0.15, -0.1) is 11.3 Å². The summed E-state index contributed by atoms with van der Waals surface area (Å²) in [4.78, 5) is 26.1. The number of urea groups is 1. The number of amides is 2. The fourth-order valence-corrected chi connectivity index (χ4v) is 3.69. The van der Waals surface area contributed by atoms with Crippen LogP contribution in [0.15, 0.2) is 17.5 Å². The van der Waals surface area contributed by atoms with Gasteiger partial charge in [0.1, 0.15) is 6.54 Å². The van der Waals surface area contributed by atoms with E-state index in [0.717, 1.165) is 37.0 Å². The minimum Gasteiger partial charge on any atom is -0.480 e. The Morgan fingerprint density at radius 2 is 2.19 bits per heavy atom. The standard InChI is InChI=1S/C15H22N2O3S/c1-2-12(13-8-5-9-21-13)16-15(20)17(10-14(18)19)11-6-3-4-7-11/h5,8-9,11-12H,2-4,6-7,10H2,1H3,(H,16,20)(H,18,19). The van der Waals surface area contributed by atoms with Crippen LogP contribution in [0.4, 0.5) is 4.79 Å². The molecule has 1 aromatic rings. The van der Waals surface area contributed by atoms with E-state index in [2.05, 4.69) is 5.32 Å². The average molecular weight is 310 g/mol. The lowest BCUT2D eigenvalue weighted by molar-refractivity contribution is -0.138. The quantitative estimate of drug-likeness (QED) is 0.847. The second-order valence-corrected chi connectivity index (χ2v) is 6.36. The molecule has 1 aromatic heterocycles. The van der Waals surface area contributed by atoms with Gasteiger partial charge in [0.05, 0.1) is 6.04 Å². The molecule has 0 spiro atoms. The van der Waals surface area contributed by atoms with Crippen molar-refractivity contribution in [2.45, 2.75) is 51.1 Å². The van der Waals surface area contributed by atoms with Crippen molar-refractivity contribution in [2.24, 2.45) is 0 Å². The van der Waals surface area contributed by atoms with Crippen LogP contribution in [-0.4, -0.2) is 34.6 Å². The zero-order valence-corrected chi connectivity index (χ0v) is 13.1. The third-order valence-electron chi connectivity index (χ3n) is 3.92. The van der Waals surface area contributed by atoms with E-state index < -0.39 is 5.97 Å². The van der Waals surface area contributed by atoms with Gasteiger partial charge in [-0.2, -0.15) is 0 Å². The number of thiophene rings is 1. The smallest absolute Gasteiger partial charge is 0.323 e. The molecular formula is C15H22N2O3S. The molecule has 1 atom stereocenters. The molecule has 5 nitrogen and oxygen atoms in total. The van der Waals surface area contributed by atoms with Gasteiger partial charge in [-0.25, -0.2) is 4.79 Å². The second kappa shape index (κ2) is 7.45. The van der Waals surface area contributed by atoms with Crippen LogP contribution >= 0.6 is 11.3 Å². The average Bonchev–Trinajstić information content (AvgIpc) is 3.13. The summed E-state index contributed by atoms with van der Waals surface area (Å²) in [5, 5.41) is 14.0. The number of carboxylic acids is 1. The van der Waals surface area contributed by atoms with Crippen molar-refractivity contribution >= 4 is 23.3 Å². The highest BCUT2D eigenvalue weighted by atomic mass is 32.1. The van der Waals surface area contributed by atoms with Crippen LogP contribution in [0.3, 0.4) is 0 Å². The van der Waals surface area contributed by atoms with E-state index in [0.29, 0.717) is 0 Å². The van der Waals surface area contributed by atoms with Crippen LogP contribution in [0.1, 0.15) is 49.9 Å². The number of carbonyl (C=O) groups is 2. The molecule has 1 saturated carbocycles. The summed E-state index contributed by atoms with van der Waals surface area (Å²) in [6.45, 7) is 1.79. The van der Waals surface area contributed by atoms with Gasteiger partial charge in [-0.05, 0) is 30.7 Å². The van der Waals surface area contributed by atoms with Crippen molar-refractivity contribution in [1.29, 1.82) is 0 Å². The SMILES string of the molecule is CCC(NC(=O)N(CC(=O)O)C1CCCC1)c1cccs1. The van der Waals surface area contributed by atoms with Gasteiger partial charge in [-0.1, -0.05) is 25.8 Å². The number of rotatable bonds is 6. The molecule has 116 valence electrons. The Hall–Kier alpha value is -1.56. The van der Waals surface area contributed by atoms with Crippen LogP contribution in [0, 0.1) is 0 Å². The summed E-state index contributed by atoms with van der Waals surface area (Å²) in [5.74, 6) is -0.957. The van der Waals surface area contributed by atoms with Gasteiger partial charge in [-0.3, -0.25) is 4.79 Å². The summed E-state index contributed by atoms with van der Waals surface area (Å²) >= 11 is 1.61. The van der Waals surface area contributed by atoms with Crippen LogP contribution < -0.4 is 5.32 Å². The van der Waals surface area contributed by atoms with Gasteiger partial charge in [0.25, 0.3) is 0 Å². The minimum absolute atomic E-state index is 0.0461. The van der Waals surface area contributed by atoms with Crippen molar-refractivity contribution in [3.8, 4) is 0 Å². The van der Waals surface area contributed by atoms with E-state index in [4.69, 9.17) is 5.11 Å². The molecule has 2 rings (SSSR count). The molecule has 2 amide bonds. The maximum atomic E-state index is 12.5. The second-order valence-electron chi connectivity index (χ2n) is 5.39. The lowest BCUT2D eigenvalue weighted by Crippen LogP contribution is -2.48. The molecule has 0 aromatic carbocycles. The summed E-state index contributed by atoms with van der Waals surface area (Å²) in [5.41, 5.74) is 0. The maximum absolute atomic E-state index is 12.5. The molecule has 6 heteroatoms. The van der Waals surface area contributed by atoms with Crippen LogP contribution in [0.2, 0.25) is 0 Å². The minimum atomic E-state index is -0.957. The van der Waals surface area contributed by atoms with Crippen molar-refractivity contribution in [3.63, 3.8) is 0 Å². The predicted octanol–water partition coefficient (Wildman–Crippen LogP) is 3.24. The van der Waals surface area contributed by atoms with Crippen molar-refractivity contribution in [3.05, 3.63) is 22.4 Å².